The fourth-order valence-corrected chi connectivity index (χ4v) is 2.41. The van der Waals surface area contributed by atoms with Gasteiger partial charge in [-0.15, -0.1) is 0 Å². The average Bonchev–Trinajstić information content (AvgIpc) is 2.55. The average molecular weight is 294 g/mol. The first-order valence-corrected chi connectivity index (χ1v) is 8.55. The predicted molar refractivity (Wildman–Crippen MR) is 93.3 cm³/mol. The number of oxime groups is 1. The molecule has 0 aliphatic carbocycles. The van der Waals surface area contributed by atoms with Gasteiger partial charge in [0.2, 0.25) is 0 Å². The molecule has 0 aromatic heterocycles. The second-order valence-electron chi connectivity index (χ2n) is 5.11. The van der Waals surface area contributed by atoms with Crippen LogP contribution in [0.15, 0.2) is 29.0 Å². The molecule has 3 heteroatoms. The van der Waals surface area contributed by atoms with Gasteiger partial charge in [-0.3, -0.25) is 0 Å². The lowest BCUT2D eigenvalue weighted by molar-refractivity contribution is 0.265. The number of hydrogen-bond acceptors (Lipinski definition) is 3. The summed E-state index contributed by atoms with van der Waals surface area (Å²) < 4.78 is 0. The van der Waals surface area contributed by atoms with Crippen molar-refractivity contribution >= 4 is 5.71 Å². The van der Waals surface area contributed by atoms with E-state index in [1.807, 2.05) is 13.8 Å². The highest BCUT2D eigenvalue weighted by molar-refractivity contribution is 5.84. The number of piperidine rings is 1. The molecular formula is C18H34N2O. The Morgan fingerprint density at radius 2 is 1.81 bits per heavy atom. The van der Waals surface area contributed by atoms with Crippen molar-refractivity contribution in [2.45, 2.75) is 66.2 Å². The maximum Gasteiger partial charge on any atom is 0.0596 e. The van der Waals surface area contributed by atoms with Crippen molar-refractivity contribution in [3.63, 3.8) is 0 Å². The van der Waals surface area contributed by atoms with Crippen LogP contribution in [0.1, 0.15) is 66.2 Å². The third-order valence-corrected chi connectivity index (χ3v) is 3.60. The molecule has 0 radical (unpaired) electrons. The van der Waals surface area contributed by atoms with E-state index in [2.05, 4.69) is 42.1 Å². The zero-order valence-electron chi connectivity index (χ0n) is 14.4. The van der Waals surface area contributed by atoms with E-state index >= 15 is 0 Å². The normalized spacial score (nSPS) is 16.8. The van der Waals surface area contributed by atoms with Crippen molar-refractivity contribution in [1.82, 2.24) is 4.90 Å². The van der Waals surface area contributed by atoms with Gasteiger partial charge in [-0.05, 0) is 25.7 Å². The molecule has 1 rings (SSSR count). The number of hydrogen-bond donors (Lipinski definition) is 1. The van der Waals surface area contributed by atoms with Gasteiger partial charge in [0.05, 0.1) is 5.71 Å². The Morgan fingerprint density at radius 3 is 2.33 bits per heavy atom. The SMILES string of the molecule is CC.CC/C=C\C/C(=C\CC)CCN1CCC(=NO)CC1. The minimum atomic E-state index is 0.916. The van der Waals surface area contributed by atoms with Crippen LogP contribution in [0.3, 0.4) is 0 Å². The lowest BCUT2D eigenvalue weighted by atomic mass is 10.0. The van der Waals surface area contributed by atoms with Crippen LogP contribution < -0.4 is 0 Å². The Balaban J connectivity index is 0.00000191. The van der Waals surface area contributed by atoms with Crippen molar-refractivity contribution in [3.8, 4) is 0 Å². The topological polar surface area (TPSA) is 35.8 Å². The molecule has 0 spiro atoms. The van der Waals surface area contributed by atoms with Crippen molar-refractivity contribution in [3.05, 3.63) is 23.8 Å². The molecule has 1 heterocycles. The van der Waals surface area contributed by atoms with Gasteiger partial charge in [-0.1, -0.05) is 56.7 Å². The Hall–Kier alpha value is -1.09. The van der Waals surface area contributed by atoms with Gasteiger partial charge in [0, 0.05) is 32.5 Å². The summed E-state index contributed by atoms with van der Waals surface area (Å²) in [6, 6.07) is 0. The lowest BCUT2D eigenvalue weighted by Gasteiger charge is -2.27. The van der Waals surface area contributed by atoms with Crippen LogP contribution in [0.5, 0.6) is 0 Å². The zero-order valence-corrected chi connectivity index (χ0v) is 14.4. The minimum absolute atomic E-state index is 0.916. The van der Waals surface area contributed by atoms with Crippen molar-refractivity contribution in [1.29, 1.82) is 0 Å². The van der Waals surface area contributed by atoms with Crippen LogP contribution >= 0.6 is 0 Å². The quantitative estimate of drug-likeness (QED) is 0.406. The van der Waals surface area contributed by atoms with E-state index in [1.54, 1.807) is 5.57 Å². The molecule has 0 aromatic carbocycles. The van der Waals surface area contributed by atoms with Gasteiger partial charge in [0.25, 0.3) is 0 Å². The van der Waals surface area contributed by atoms with Gasteiger partial charge >= 0.3 is 0 Å². The van der Waals surface area contributed by atoms with E-state index in [0.717, 1.165) is 63.9 Å². The van der Waals surface area contributed by atoms with E-state index in [4.69, 9.17) is 5.21 Å². The maximum absolute atomic E-state index is 8.74. The monoisotopic (exact) mass is 294 g/mol. The summed E-state index contributed by atoms with van der Waals surface area (Å²) in [5.41, 5.74) is 2.50. The van der Waals surface area contributed by atoms with E-state index in [-0.39, 0.29) is 0 Å². The van der Waals surface area contributed by atoms with E-state index < -0.39 is 0 Å². The van der Waals surface area contributed by atoms with Crippen LogP contribution in [0.2, 0.25) is 0 Å². The Kier molecular flexibility index (Phi) is 13.2. The molecule has 1 saturated heterocycles. The fraction of sp³-hybridized carbons (Fsp3) is 0.722. The molecule has 0 amide bonds. The smallest absolute Gasteiger partial charge is 0.0596 e. The van der Waals surface area contributed by atoms with Gasteiger partial charge < -0.3 is 10.1 Å². The van der Waals surface area contributed by atoms with Gasteiger partial charge in [-0.25, -0.2) is 0 Å². The Bertz CT molecular complexity index is 322. The third kappa shape index (κ3) is 9.46. The van der Waals surface area contributed by atoms with Crippen molar-refractivity contribution in [2.75, 3.05) is 19.6 Å². The lowest BCUT2D eigenvalue weighted by Crippen LogP contribution is -2.34. The highest BCUT2D eigenvalue weighted by Gasteiger charge is 2.14. The fourth-order valence-electron chi connectivity index (χ4n) is 2.41. The predicted octanol–water partition coefficient (Wildman–Crippen LogP) is 5.02. The second kappa shape index (κ2) is 13.9. The molecule has 0 aromatic rings. The van der Waals surface area contributed by atoms with Crippen LogP contribution in [0.4, 0.5) is 0 Å². The van der Waals surface area contributed by atoms with Crippen LogP contribution in [-0.2, 0) is 0 Å². The molecule has 1 fully saturated rings. The van der Waals surface area contributed by atoms with E-state index in [0.29, 0.717) is 0 Å². The number of nitrogens with zero attached hydrogens (tertiary/aromatic N) is 2. The molecule has 0 unspecified atom stereocenters. The molecule has 122 valence electrons. The Labute approximate surface area is 131 Å². The molecule has 1 aliphatic rings. The number of rotatable bonds is 7. The first kappa shape index (κ1) is 19.9. The summed E-state index contributed by atoms with van der Waals surface area (Å²) >= 11 is 0. The highest BCUT2D eigenvalue weighted by Crippen LogP contribution is 2.13. The summed E-state index contributed by atoms with van der Waals surface area (Å²) in [6.07, 6.45) is 13.2. The van der Waals surface area contributed by atoms with Crippen LogP contribution in [0.25, 0.3) is 0 Å². The van der Waals surface area contributed by atoms with Crippen molar-refractivity contribution < 1.29 is 5.21 Å². The first-order chi connectivity index (χ1) is 10.3. The minimum Gasteiger partial charge on any atom is -0.411 e. The zero-order chi connectivity index (χ0) is 15.9. The summed E-state index contributed by atoms with van der Waals surface area (Å²) in [7, 11) is 0. The molecular weight excluding hydrogens is 260 g/mol. The molecule has 0 saturated carbocycles. The molecule has 1 aliphatic heterocycles. The first-order valence-electron chi connectivity index (χ1n) is 8.55. The second-order valence-corrected chi connectivity index (χ2v) is 5.11. The van der Waals surface area contributed by atoms with Crippen LogP contribution in [0, 0.1) is 0 Å². The van der Waals surface area contributed by atoms with E-state index in [1.165, 1.54) is 0 Å². The highest BCUT2D eigenvalue weighted by atomic mass is 16.4. The van der Waals surface area contributed by atoms with Gasteiger partial charge in [0.15, 0.2) is 0 Å². The largest absolute Gasteiger partial charge is 0.411 e. The molecule has 0 atom stereocenters. The summed E-state index contributed by atoms with van der Waals surface area (Å²) in [5, 5.41) is 12.1. The number of allylic oxidation sites excluding steroid dienone is 3. The standard InChI is InChI=1S/C16H28N2O.C2H6/c1-3-5-6-8-15(7-4-2)9-12-18-13-10-16(17-19)11-14-18;1-2/h5-7,19H,3-4,8-14H2,1-2H3;1-2H3/b6-5-,15-7+;. The van der Waals surface area contributed by atoms with Gasteiger partial charge in [0.1, 0.15) is 0 Å². The summed E-state index contributed by atoms with van der Waals surface area (Å²) in [4.78, 5) is 2.47. The molecule has 21 heavy (non-hydrogen) atoms. The maximum atomic E-state index is 8.74. The van der Waals surface area contributed by atoms with Crippen LogP contribution in [-0.4, -0.2) is 35.5 Å². The number of likely N-dealkylation sites (tertiary alicyclic amines) is 1. The van der Waals surface area contributed by atoms with Gasteiger partial charge in [-0.2, -0.15) is 0 Å². The van der Waals surface area contributed by atoms with Crippen molar-refractivity contribution in [2.24, 2.45) is 5.16 Å². The Morgan fingerprint density at radius 1 is 1.14 bits per heavy atom. The summed E-state index contributed by atoms with van der Waals surface area (Å²) in [5.74, 6) is 0. The third-order valence-electron chi connectivity index (χ3n) is 3.60. The summed E-state index contributed by atoms with van der Waals surface area (Å²) in [6.45, 7) is 11.6. The molecule has 1 N–H and O–H groups in total. The van der Waals surface area contributed by atoms with E-state index in [9.17, 15) is 0 Å². The molecule has 3 nitrogen and oxygen atoms in total. The molecule has 0 bridgehead atoms.